The van der Waals surface area contributed by atoms with Gasteiger partial charge >= 0.3 is 23.9 Å². The number of ether oxygens (including phenoxy) is 4. The molecule has 0 saturated heterocycles. The minimum atomic E-state index is -1.35. The van der Waals surface area contributed by atoms with E-state index in [9.17, 15) is 24.0 Å². The molecular formula is C23H23NO9. The van der Waals surface area contributed by atoms with E-state index in [2.05, 4.69) is 5.32 Å². The van der Waals surface area contributed by atoms with Crippen molar-refractivity contribution < 1.29 is 42.9 Å². The fourth-order valence-corrected chi connectivity index (χ4v) is 2.61. The van der Waals surface area contributed by atoms with Crippen LogP contribution in [0.4, 0.5) is 0 Å². The standard InChI is InChI=1S/C23H23NO9/c1-14(25)30-13-19(23(29)31-12-17-8-5-4-6-9-17)24-22(28)18-10-7-11-20(32-15(2)26)21(18)33-16(3)27/h4-11,19H,12-13H2,1-3H3,(H,24,28)/t19-/m0/s1. The fraction of sp³-hybridized carbons (Fsp3) is 0.261. The third-order valence-corrected chi connectivity index (χ3v) is 3.99. The predicted octanol–water partition coefficient (Wildman–Crippen LogP) is 1.94. The van der Waals surface area contributed by atoms with E-state index in [1.165, 1.54) is 18.2 Å². The van der Waals surface area contributed by atoms with Gasteiger partial charge in [-0.25, -0.2) is 4.79 Å². The van der Waals surface area contributed by atoms with Crippen LogP contribution in [-0.2, 0) is 35.3 Å². The van der Waals surface area contributed by atoms with E-state index in [4.69, 9.17) is 18.9 Å². The zero-order valence-electron chi connectivity index (χ0n) is 18.3. The predicted molar refractivity (Wildman–Crippen MR) is 113 cm³/mol. The van der Waals surface area contributed by atoms with Gasteiger partial charge in [0.25, 0.3) is 5.91 Å². The van der Waals surface area contributed by atoms with Crippen LogP contribution in [0.2, 0.25) is 0 Å². The first-order valence-corrected chi connectivity index (χ1v) is 9.82. The number of benzene rings is 2. The molecule has 0 aliphatic carbocycles. The molecule has 2 aromatic carbocycles. The van der Waals surface area contributed by atoms with Crippen LogP contribution in [0.5, 0.6) is 11.5 Å². The summed E-state index contributed by atoms with van der Waals surface area (Å²) in [4.78, 5) is 59.6. The molecule has 1 amide bonds. The molecule has 174 valence electrons. The molecule has 0 aliphatic rings. The summed E-state index contributed by atoms with van der Waals surface area (Å²) in [6, 6.07) is 11.5. The van der Waals surface area contributed by atoms with Gasteiger partial charge in [-0.15, -0.1) is 0 Å². The van der Waals surface area contributed by atoms with Crippen LogP contribution in [0.1, 0.15) is 36.7 Å². The number of carbonyl (C=O) groups excluding carboxylic acids is 5. The molecule has 0 aliphatic heterocycles. The maximum absolute atomic E-state index is 12.9. The van der Waals surface area contributed by atoms with Gasteiger partial charge in [0, 0.05) is 20.8 Å². The molecule has 10 nitrogen and oxygen atoms in total. The first-order valence-electron chi connectivity index (χ1n) is 9.82. The second-order valence-corrected chi connectivity index (χ2v) is 6.74. The van der Waals surface area contributed by atoms with E-state index < -0.39 is 42.4 Å². The van der Waals surface area contributed by atoms with Gasteiger partial charge in [-0.2, -0.15) is 0 Å². The minimum absolute atomic E-state index is 0.0627. The molecule has 0 fully saturated rings. The quantitative estimate of drug-likeness (QED) is 0.443. The molecule has 33 heavy (non-hydrogen) atoms. The second kappa shape index (κ2) is 12.0. The smallest absolute Gasteiger partial charge is 0.332 e. The first kappa shape index (κ1) is 25.1. The lowest BCUT2D eigenvalue weighted by molar-refractivity contribution is -0.152. The Hall–Kier alpha value is -4.21. The lowest BCUT2D eigenvalue weighted by atomic mass is 10.1. The number of amides is 1. The molecule has 1 atom stereocenters. The molecule has 0 radical (unpaired) electrons. The van der Waals surface area contributed by atoms with Crippen molar-refractivity contribution in [3.63, 3.8) is 0 Å². The van der Waals surface area contributed by atoms with Gasteiger partial charge in [0.05, 0.1) is 5.56 Å². The Balaban J connectivity index is 2.25. The van der Waals surface area contributed by atoms with Crippen molar-refractivity contribution in [1.29, 1.82) is 0 Å². The molecule has 2 rings (SSSR count). The fourth-order valence-electron chi connectivity index (χ4n) is 2.61. The van der Waals surface area contributed by atoms with Crippen LogP contribution in [0.25, 0.3) is 0 Å². The number of nitrogens with one attached hydrogen (secondary N) is 1. The van der Waals surface area contributed by atoms with Crippen LogP contribution in [0.15, 0.2) is 48.5 Å². The summed E-state index contributed by atoms with van der Waals surface area (Å²) in [5.41, 5.74) is 0.530. The Bertz CT molecular complexity index is 1030. The highest BCUT2D eigenvalue weighted by Gasteiger charge is 2.27. The van der Waals surface area contributed by atoms with Gasteiger partial charge in [-0.3, -0.25) is 19.2 Å². The SMILES string of the molecule is CC(=O)OC[C@H](NC(=O)c1cccc(OC(C)=O)c1OC(C)=O)C(=O)OCc1ccccc1. The van der Waals surface area contributed by atoms with Crippen molar-refractivity contribution in [3.05, 3.63) is 59.7 Å². The van der Waals surface area contributed by atoms with Crippen LogP contribution in [-0.4, -0.2) is 42.4 Å². The van der Waals surface area contributed by atoms with Crippen LogP contribution >= 0.6 is 0 Å². The molecule has 0 heterocycles. The Kier molecular flexibility index (Phi) is 9.10. The lowest BCUT2D eigenvalue weighted by Gasteiger charge is -2.19. The van der Waals surface area contributed by atoms with E-state index in [1.807, 2.05) is 0 Å². The van der Waals surface area contributed by atoms with E-state index >= 15 is 0 Å². The largest absolute Gasteiger partial charge is 0.463 e. The van der Waals surface area contributed by atoms with Gasteiger partial charge in [0.15, 0.2) is 17.5 Å². The molecule has 0 spiro atoms. The summed E-state index contributed by atoms with van der Waals surface area (Å²) in [6.45, 7) is 2.85. The first-order chi connectivity index (χ1) is 15.7. The molecule has 0 saturated carbocycles. The molecular weight excluding hydrogens is 434 g/mol. The second-order valence-electron chi connectivity index (χ2n) is 6.74. The third-order valence-electron chi connectivity index (χ3n) is 3.99. The summed E-state index contributed by atoms with van der Waals surface area (Å²) in [5.74, 6) is -4.29. The van der Waals surface area contributed by atoms with Crippen molar-refractivity contribution >= 4 is 29.8 Å². The highest BCUT2D eigenvalue weighted by molar-refractivity contribution is 6.00. The van der Waals surface area contributed by atoms with Crippen molar-refractivity contribution in [3.8, 4) is 11.5 Å². The zero-order valence-corrected chi connectivity index (χ0v) is 18.3. The van der Waals surface area contributed by atoms with Crippen molar-refractivity contribution in [1.82, 2.24) is 5.32 Å². The third kappa shape index (κ3) is 8.09. The number of para-hydroxylation sites is 1. The van der Waals surface area contributed by atoms with Gasteiger partial charge in [-0.05, 0) is 17.7 Å². The Labute approximate surface area is 189 Å². The topological polar surface area (TPSA) is 134 Å². The van der Waals surface area contributed by atoms with E-state index in [0.717, 1.165) is 26.3 Å². The molecule has 2 aromatic rings. The summed E-state index contributed by atoms with van der Waals surface area (Å²) >= 11 is 0. The van der Waals surface area contributed by atoms with E-state index in [0.29, 0.717) is 0 Å². The van der Waals surface area contributed by atoms with Gasteiger partial charge < -0.3 is 24.3 Å². The maximum atomic E-state index is 12.9. The Morgan fingerprint density at radius 2 is 1.45 bits per heavy atom. The highest BCUT2D eigenvalue weighted by Crippen LogP contribution is 2.32. The maximum Gasteiger partial charge on any atom is 0.332 e. The van der Waals surface area contributed by atoms with E-state index in [-0.39, 0.29) is 23.7 Å². The Morgan fingerprint density at radius 1 is 0.788 bits per heavy atom. The van der Waals surface area contributed by atoms with Crippen LogP contribution in [0.3, 0.4) is 0 Å². The number of esters is 4. The van der Waals surface area contributed by atoms with E-state index in [1.54, 1.807) is 30.3 Å². The highest BCUT2D eigenvalue weighted by atomic mass is 16.6. The summed E-state index contributed by atoms with van der Waals surface area (Å²) in [5, 5.41) is 2.40. The Morgan fingerprint density at radius 3 is 2.06 bits per heavy atom. The molecule has 0 bridgehead atoms. The number of rotatable bonds is 9. The number of hydrogen-bond donors (Lipinski definition) is 1. The van der Waals surface area contributed by atoms with Crippen molar-refractivity contribution in [2.75, 3.05) is 6.61 Å². The lowest BCUT2D eigenvalue weighted by Crippen LogP contribution is -2.45. The summed E-state index contributed by atoms with van der Waals surface area (Å²) in [6.07, 6.45) is 0. The van der Waals surface area contributed by atoms with Gasteiger partial charge in [-0.1, -0.05) is 36.4 Å². The molecule has 0 unspecified atom stereocenters. The van der Waals surface area contributed by atoms with Crippen molar-refractivity contribution in [2.45, 2.75) is 33.4 Å². The summed E-state index contributed by atoms with van der Waals surface area (Å²) < 4.78 is 20.2. The van der Waals surface area contributed by atoms with Gasteiger partial charge in [0.1, 0.15) is 13.2 Å². The van der Waals surface area contributed by atoms with Crippen LogP contribution < -0.4 is 14.8 Å². The molecule has 10 heteroatoms. The average Bonchev–Trinajstić information content (AvgIpc) is 2.75. The summed E-state index contributed by atoms with van der Waals surface area (Å²) in [7, 11) is 0. The average molecular weight is 457 g/mol. The van der Waals surface area contributed by atoms with Crippen molar-refractivity contribution in [2.24, 2.45) is 0 Å². The molecule has 0 aromatic heterocycles. The minimum Gasteiger partial charge on any atom is -0.463 e. The number of carbonyl (C=O) groups is 5. The zero-order chi connectivity index (χ0) is 24.4. The van der Waals surface area contributed by atoms with Crippen LogP contribution in [0, 0.1) is 0 Å². The van der Waals surface area contributed by atoms with Gasteiger partial charge in [0.2, 0.25) is 0 Å². The molecule has 1 N–H and O–H groups in total. The monoisotopic (exact) mass is 457 g/mol. The number of hydrogen-bond acceptors (Lipinski definition) is 9. The normalized spacial score (nSPS) is 11.0.